The highest BCUT2D eigenvalue weighted by molar-refractivity contribution is 6.36. The summed E-state index contributed by atoms with van der Waals surface area (Å²) in [4.78, 5) is 57.7. The molecule has 1 saturated carbocycles. The Balaban J connectivity index is 1.41. The van der Waals surface area contributed by atoms with Gasteiger partial charge in [0.15, 0.2) is 0 Å². The highest BCUT2D eigenvalue weighted by Crippen LogP contribution is 2.46. The zero-order valence-electron chi connectivity index (χ0n) is 23.0. The molecule has 0 spiro atoms. The molecule has 0 bridgehead atoms. The van der Waals surface area contributed by atoms with Crippen LogP contribution in [0.25, 0.3) is 0 Å². The average Bonchev–Trinajstić information content (AvgIpc) is 3.54. The van der Waals surface area contributed by atoms with Crippen molar-refractivity contribution in [1.29, 1.82) is 0 Å². The van der Waals surface area contributed by atoms with E-state index in [2.05, 4.69) is 0 Å². The highest BCUT2D eigenvalue weighted by atomic mass is 35.5. The number of hydrogen-bond donors (Lipinski definition) is 0. The van der Waals surface area contributed by atoms with E-state index >= 15 is 0 Å². The third-order valence-corrected chi connectivity index (χ3v) is 9.60. The Labute approximate surface area is 249 Å². The Morgan fingerprint density at radius 3 is 2.27 bits per heavy atom. The second kappa shape index (κ2) is 11.3. The molecule has 4 amide bonds. The first-order valence-corrected chi connectivity index (χ1v) is 15.2. The van der Waals surface area contributed by atoms with Crippen molar-refractivity contribution in [3.05, 3.63) is 62.6 Å². The predicted octanol–water partition coefficient (Wildman–Crippen LogP) is 5.30. The number of nitrogens with zero attached hydrogens (tertiary/aromatic N) is 3. The van der Waals surface area contributed by atoms with Gasteiger partial charge < -0.3 is 14.5 Å². The molecule has 2 aromatic carbocycles. The molecule has 8 nitrogen and oxygen atoms in total. The first kappa shape index (κ1) is 28.0. The van der Waals surface area contributed by atoms with Crippen molar-refractivity contribution >= 4 is 46.8 Å². The molecule has 0 N–H and O–H groups in total. The number of carbonyl (C=O) groups is 4. The lowest BCUT2D eigenvalue weighted by molar-refractivity contribution is -0.140. The molecule has 3 heterocycles. The quantitative estimate of drug-likeness (QED) is 0.437. The Bertz CT molecular complexity index is 1390. The topological polar surface area (TPSA) is 87.2 Å². The van der Waals surface area contributed by atoms with E-state index < -0.39 is 6.04 Å². The maximum atomic E-state index is 14.1. The largest absolute Gasteiger partial charge is 0.487 e. The number of carbonyl (C=O) groups excluding carboxylic acids is 4. The van der Waals surface area contributed by atoms with Gasteiger partial charge in [0.2, 0.25) is 11.8 Å². The molecule has 1 saturated heterocycles. The van der Waals surface area contributed by atoms with Gasteiger partial charge in [-0.05, 0) is 43.0 Å². The fourth-order valence-electron chi connectivity index (χ4n) is 6.82. The molecule has 4 aliphatic rings. The molecule has 2 aromatic rings. The summed E-state index contributed by atoms with van der Waals surface area (Å²) in [6.07, 6.45) is 5.63. The molecule has 2 fully saturated rings. The van der Waals surface area contributed by atoms with Crippen LogP contribution in [0.1, 0.15) is 83.3 Å². The first-order valence-electron chi connectivity index (χ1n) is 14.4. The van der Waals surface area contributed by atoms with E-state index in [-0.39, 0.29) is 42.2 Å². The van der Waals surface area contributed by atoms with Crippen molar-refractivity contribution in [3.63, 3.8) is 0 Å². The van der Waals surface area contributed by atoms with E-state index in [4.69, 9.17) is 27.9 Å². The van der Waals surface area contributed by atoms with Gasteiger partial charge in [0.25, 0.3) is 11.8 Å². The maximum absolute atomic E-state index is 14.1. The lowest BCUT2D eigenvalue weighted by Gasteiger charge is -2.42. The minimum atomic E-state index is -0.674. The zero-order valence-corrected chi connectivity index (χ0v) is 24.5. The summed E-state index contributed by atoms with van der Waals surface area (Å²) in [6, 6.07) is 7.76. The molecule has 3 aliphatic heterocycles. The van der Waals surface area contributed by atoms with E-state index in [1.165, 1.54) is 11.8 Å². The number of fused-ring (bicyclic) bond motifs is 2. The summed E-state index contributed by atoms with van der Waals surface area (Å²) in [5.74, 6) is -0.453. The normalized spacial score (nSPS) is 22.7. The minimum Gasteiger partial charge on any atom is -0.487 e. The van der Waals surface area contributed by atoms with Crippen LogP contribution < -0.4 is 4.74 Å². The first-order chi connectivity index (χ1) is 19.7. The monoisotopic (exact) mass is 597 g/mol. The van der Waals surface area contributed by atoms with Gasteiger partial charge in [0, 0.05) is 42.9 Å². The lowest BCUT2D eigenvalue weighted by Crippen LogP contribution is -2.49. The third-order valence-electron chi connectivity index (χ3n) is 8.99. The molecule has 0 radical (unpaired) electrons. The van der Waals surface area contributed by atoms with Gasteiger partial charge in [-0.2, -0.15) is 0 Å². The van der Waals surface area contributed by atoms with Gasteiger partial charge in [-0.15, -0.1) is 0 Å². The van der Waals surface area contributed by atoms with E-state index in [0.29, 0.717) is 65.0 Å². The van der Waals surface area contributed by atoms with Crippen LogP contribution in [0, 0.1) is 5.92 Å². The Hall–Kier alpha value is -3.10. The van der Waals surface area contributed by atoms with Crippen LogP contribution in [0.2, 0.25) is 10.0 Å². The summed E-state index contributed by atoms with van der Waals surface area (Å²) < 4.78 is 6.51. The average molecular weight is 599 g/mol. The van der Waals surface area contributed by atoms with E-state index in [0.717, 1.165) is 37.7 Å². The number of benzene rings is 2. The Morgan fingerprint density at radius 2 is 1.63 bits per heavy atom. The molecule has 216 valence electrons. The number of ether oxygens (including phenoxy) is 1. The van der Waals surface area contributed by atoms with Crippen LogP contribution in [0.5, 0.6) is 5.75 Å². The molecule has 10 heteroatoms. The van der Waals surface area contributed by atoms with Crippen LogP contribution >= 0.6 is 23.2 Å². The Morgan fingerprint density at radius 1 is 0.951 bits per heavy atom. The van der Waals surface area contributed by atoms with E-state index in [1.54, 1.807) is 35.2 Å². The summed E-state index contributed by atoms with van der Waals surface area (Å²) in [7, 11) is 0. The predicted molar refractivity (Wildman–Crippen MR) is 154 cm³/mol. The fourth-order valence-corrected chi connectivity index (χ4v) is 7.44. The van der Waals surface area contributed by atoms with Gasteiger partial charge in [0.05, 0.1) is 35.3 Å². The molecule has 6 rings (SSSR count). The SMILES string of the molecule is CC(=O)N1CC[C@H](Oc2c(Cl)cc(Cl)c3c2[C@@H](CN2C(=O)c4ccccc4C2=O)N(C(=O)C2CCCCC2)CC3)C1. The van der Waals surface area contributed by atoms with Gasteiger partial charge in [-0.1, -0.05) is 54.6 Å². The summed E-state index contributed by atoms with van der Waals surface area (Å²) in [5, 5.41) is 0.764. The third kappa shape index (κ3) is 5.10. The van der Waals surface area contributed by atoms with Crippen LogP contribution in [0.15, 0.2) is 30.3 Å². The second-order valence-corrected chi connectivity index (χ2v) is 12.3. The van der Waals surface area contributed by atoms with Crippen molar-refractivity contribution in [1.82, 2.24) is 14.7 Å². The summed E-state index contributed by atoms with van der Waals surface area (Å²) in [6.45, 7) is 2.93. The molecule has 2 atom stereocenters. The molecule has 0 aromatic heterocycles. The smallest absolute Gasteiger partial charge is 0.261 e. The van der Waals surface area contributed by atoms with Crippen molar-refractivity contribution < 1.29 is 23.9 Å². The zero-order chi connectivity index (χ0) is 28.8. The van der Waals surface area contributed by atoms with Crippen molar-refractivity contribution in [3.8, 4) is 5.75 Å². The molecular formula is C31H33Cl2N3O5. The maximum Gasteiger partial charge on any atom is 0.261 e. The molecule has 1 aliphatic carbocycles. The van der Waals surface area contributed by atoms with Gasteiger partial charge in [0.1, 0.15) is 11.9 Å². The molecule has 41 heavy (non-hydrogen) atoms. The van der Waals surface area contributed by atoms with Crippen LogP contribution in [-0.4, -0.2) is 70.6 Å². The standard InChI is InChI=1S/C31H33Cl2N3O5/c1-18(37)34-13-11-20(16-34)41-28-25(33)15-24(32)23-12-14-35(29(38)19-7-3-2-4-8-19)26(27(23)28)17-36-30(39)21-9-5-6-10-22(21)31(36)40/h5-6,9-10,15,19-20,26H,2-4,7-8,11-14,16-17H2,1H3/t20-,26+/m0/s1. The van der Waals surface area contributed by atoms with Crippen LogP contribution in [-0.2, 0) is 16.0 Å². The summed E-state index contributed by atoms with van der Waals surface area (Å²) >= 11 is 13.5. The number of imide groups is 1. The van der Waals surface area contributed by atoms with Crippen molar-refractivity contribution in [2.24, 2.45) is 5.92 Å². The van der Waals surface area contributed by atoms with Crippen LogP contribution in [0.4, 0.5) is 0 Å². The highest BCUT2D eigenvalue weighted by Gasteiger charge is 2.44. The van der Waals surface area contributed by atoms with Gasteiger partial charge >= 0.3 is 0 Å². The number of halogens is 2. The number of rotatable bonds is 5. The number of hydrogen-bond acceptors (Lipinski definition) is 5. The van der Waals surface area contributed by atoms with Gasteiger partial charge in [-0.25, -0.2) is 0 Å². The van der Waals surface area contributed by atoms with Crippen molar-refractivity contribution in [2.75, 3.05) is 26.2 Å². The lowest BCUT2D eigenvalue weighted by atomic mass is 9.85. The number of likely N-dealkylation sites (tertiary alicyclic amines) is 1. The number of amides is 4. The molecular weight excluding hydrogens is 565 g/mol. The van der Waals surface area contributed by atoms with Gasteiger partial charge in [-0.3, -0.25) is 24.1 Å². The fraction of sp³-hybridized carbons (Fsp3) is 0.484. The van der Waals surface area contributed by atoms with E-state index in [9.17, 15) is 19.2 Å². The van der Waals surface area contributed by atoms with E-state index in [1.807, 2.05) is 4.90 Å². The Kier molecular flexibility index (Phi) is 7.72. The van der Waals surface area contributed by atoms with Crippen molar-refractivity contribution in [2.45, 2.75) is 64.0 Å². The summed E-state index contributed by atoms with van der Waals surface area (Å²) in [5.41, 5.74) is 2.17. The molecule has 0 unspecified atom stereocenters. The van der Waals surface area contributed by atoms with Crippen LogP contribution in [0.3, 0.4) is 0 Å². The minimum absolute atomic E-state index is 0.0203. The second-order valence-electron chi connectivity index (χ2n) is 11.5.